The van der Waals surface area contributed by atoms with E-state index in [2.05, 4.69) is 71.1 Å². The van der Waals surface area contributed by atoms with Gasteiger partial charge in [-0.05, 0) is 29.8 Å². The topological polar surface area (TPSA) is 27.1 Å². The molecule has 4 rings (SSSR count). The zero-order valence-electron chi connectivity index (χ0n) is 14.2. The second-order valence-corrected chi connectivity index (χ2v) is 6.25. The molecule has 1 aromatic heterocycles. The van der Waals surface area contributed by atoms with Crippen LogP contribution in [0, 0.1) is 6.92 Å². The number of rotatable bonds is 5. The average molecular weight is 328 g/mol. The molecule has 4 aromatic rings. The number of imidazole rings is 1. The Morgan fingerprint density at radius 1 is 0.960 bits per heavy atom. The first-order chi connectivity index (χ1) is 12.3. The minimum atomic E-state index is -0.0944. The van der Waals surface area contributed by atoms with Gasteiger partial charge in [-0.2, -0.15) is 0 Å². The van der Waals surface area contributed by atoms with Crippen LogP contribution in [0.3, 0.4) is 0 Å². The van der Waals surface area contributed by atoms with Crippen LogP contribution in [-0.4, -0.2) is 9.55 Å². The molecule has 3 aromatic carbocycles. The standard InChI is InChI=1S/C22H20N2O/c1-17-9-11-19(12-10-17)25-22(15-24-14-13-23-16-24)21-8-4-6-18-5-2-3-7-20(18)21/h2-14,16,22H,15H2,1H3. The summed E-state index contributed by atoms with van der Waals surface area (Å²) in [7, 11) is 0. The van der Waals surface area contributed by atoms with Crippen molar-refractivity contribution in [2.75, 3.05) is 0 Å². The predicted molar refractivity (Wildman–Crippen MR) is 101 cm³/mol. The van der Waals surface area contributed by atoms with Gasteiger partial charge in [0.2, 0.25) is 0 Å². The Morgan fingerprint density at radius 2 is 1.76 bits per heavy atom. The van der Waals surface area contributed by atoms with E-state index in [1.54, 1.807) is 6.20 Å². The van der Waals surface area contributed by atoms with E-state index in [-0.39, 0.29) is 6.10 Å². The lowest BCUT2D eigenvalue weighted by molar-refractivity contribution is 0.185. The van der Waals surface area contributed by atoms with E-state index >= 15 is 0 Å². The maximum absolute atomic E-state index is 6.39. The van der Waals surface area contributed by atoms with Gasteiger partial charge in [0.1, 0.15) is 11.9 Å². The summed E-state index contributed by atoms with van der Waals surface area (Å²) in [5.41, 5.74) is 2.41. The Hall–Kier alpha value is -3.07. The molecule has 124 valence electrons. The summed E-state index contributed by atoms with van der Waals surface area (Å²) in [5.74, 6) is 0.878. The van der Waals surface area contributed by atoms with Crippen molar-refractivity contribution in [3.05, 3.63) is 96.6 Å². The largest absolute Gasteiger partial charge is 0.484 e. The third kappa shape index (κ3) is 3.41. The van der Waals surface area contributed by atoms with Crippen LogP contribution in [0.1, 0.15) is 17.2 Å². The summed E-state index contributed by atoms with van der Waals surface area (Å²) in [6, 6.07) is 23.0. The molecular formula is C22H20N2O. The highest BCUT2D eigenvalue weighted by Gasteiger charge is 2.17. The summed E-state index contributed by atoms with van der Waals surface area (Å²) in [6.45, 7) is 2.79. The highest BCUT2D eigenvalue weighted by Crippen LogP contribution is 2.29. The van der Waals surface area contributed by atoms with Crippen LogP contribution in [-0.2, 0) is 6.54 Å². The Kier molecular flexibility index (Phi) is 4.21. The molecule has 0 spiro atoms. The van der Waals surface area contributed by atoms with Crippen LogP contribution in [0.4, 0.5) is 0 Å². The molecule has 1 unspecified atom stereocenters. The molecule has 1 atom stereocenters. The number of hydrogen-bond donors (Lipinski definition) is 0. The summed E-state index contributed by atoms with van der Waals surface area (Å²) in [5, 5.41) is 2.45. The van der Waals surface area contributed by atoms with Crippen molar-refractivity contribution < 1.29 is 4.74 Å². The minimum Gasteiger partial charge on any atom is -0.484 e. The Morgan fingerprint density at radius 3 is 2.56 bits per heavy atom. The van der Waals surface area contributed by atoms with Gasteiger partial charge in [0.05, 0.1) is 12.9 Å². The number of nitrogens with zero attached hydrogens (tertiary/aromatic N) is 2. The average Bonchev–Trinajstić information content (AvgIpc) is 3.16. The number of fused-ring (bicyclic) bond motifs is 1. The summed E-state index contributed by atoms with van der Waals surface area (Å²) < 4.78 is 8.44. The summed E-state index contributed by atoms with van der Waals surface area (Å²) >= 11 is 0. The molecule has 3 heteroatoms. The van der Waals surface area contributed by atoms with Crippen LogP contribution in [0.5, 0.6) is 5.75 Å². The van der Waals surface area contributed by atoms with Crippen molar-refractivity contribution in [3.63, 3.8) is 0 Å². The van der Waals surface area contributed by atoms with E-state index in [4.69, 9.17) is 4.74 Å². The molecule has 0 fully saturated rings. The van der Waals surface area contributed by atoms with Gasteiger partial charge in [-0.25, -0.2) is 4.98 Å². The molecular weight excluding hydrogens is 308 g/mol. The maximum atomic E-state index is 6.39. The van der Waals surface area contributed by atoms with E-state index in [0.717, 1.165) is 5.75 Å². The monoisotopic (exact) mass is 328 g/mol. The maximum Gasteiger partial charge on any atom is 0.142 e. The number of benzene rings is 3. The third-order valence-electron chi connectivity index (χ3n) is 4.41. The second kappa shape index (κ2) is 6.81. The molecule has 0 bridgehead atoms. The lowest BCUT2D eigenvalue weighted by atomic mass is 10.00. The molecule has 0 saturated carbocycles. The molecule has 3 nitrogen and oxygen atoms in total. The van der Waals surface area contributed by atoms with Crippen LogP contribution >= 0.6 is 0 Å². The van der Waals surface area contributed by atoms with Gasteiger partial charge in [0.25, 0.3) is 0 Å². The molecule has 0 N–H and O–H groups in total. The van der Waals surface area contributed by atoms with E-state index in [9.17, 15) is 0 Å². The van der Waals surface area contributed by atoms with Crippen LogP contribution < -0.4 is 4.74 Å². The van der Waals surface area contributed by atoms with Gasteiger partial charge in [0.15, 0.2) is 0 Å². The zero-order valence-corrected chi connectivity index (χ0v) is 14.2. The van der Waals surface area contributed by atoms with E-state index in [0.29, 0.717) is 6.54 Å². The lowest BCUT2D eigenvalue weighted by Crippen LogP contribution is -2.15. The van der Waals surface area contributed by atoms with Gasteiger partial charge in [-0.3, -0.25) is 0 Å². The molecule has 0 aliphatic carbocycles. The van der Waals surface area contributed by atoms with Crippen LogP contribution in [0.2, 0.25) is 0 Å². The van der Waals surface area contributed by atoms with Crippen molar-refractivity contribution in [2.24, 2.45) is 0 Å². The van der Waals surface area contributed by atoms with Crippen molar-refractivity contribution in [1.29, 1.82) is 0 Å². The fourth-order valence-corrected chi connectivity index (χ4v) is 3.10. The van der Waals surface area contributed by atoms with E-state index in [1.807, 2.05) is 24.7 Å². The molecule has 0 radical (unpaired) electrons. The molecule has 0 aliphatic heterocycles. The van der Waals surface area contributed by atoms with Crippen molar-refractivity contribution in [3.8, 4) is 5.75 Å². The van der Waals surface area contributed by atoms with Crippen molar-refractivity contribution in [2.45, 2.75) is 19.6 Å². The first-order valence-electron chi connectivity index (χ1n) is 8.46. The predicted octanol–water partition coefficient (Wildman–Crippen LogP) is 5.17. The minimum absolute atomic E-state index is 0.0944. The SMILES string of the molecule is Cc1ccc(OC(Cn2ccnc2)c2cccc3ccccc23)cc1. The normalized spacial score (nSPS) is 12.2. The van der Waals surface area contributed by atoms with E-state index < -0.39 is 0 Å². The molecule has 0 saturated heterocycles. The quantitative estimate of drug-likeness (QED) is 0.505. The first kappa shape index (κ1) is 15.5. The summed E-state index contributed by atoms with van der Waals surface area (Å²) in [6.07, 6.45) is 5.50. The Bertz CT molecular complexity index is 954. The lowest BCUT2D eigenvalue weighted by Gasteiger charge is -2.22. The van der Waals surface area contributed by atoms with Gasteiger partial charge >= 0.3 is 0 Å². The molecule has 1 heterocycles. The van der Waals surface area contributed by atoms with Crippen LogP contribution in [0.25, 0.3) is 10.8 Å². The van der Waals surface area contributed by atoms with Gasteiger partial charge in [0, 0.05) is 18.0 Å². The van der Waals surface area contributed by atoms with Crippen molar-refractivity contribution in [1.82, 2.24) is 9.55 Å². The second-order valence-electron chi connectivity index (χ2n) is 6.25. The Balaban J connectivity index is 1.74. The highest BCUT2D eigenvalue weighted by atomic mass is 16.5. The summed E-state index contributed by atoms with van der Waals surface area (Å²) in [4.78, 5) is 4.16. The van der Waals surface area contributed by atoms with Gasteiger partial charge in [-0.15, -0.1) is 0 Å². The number of ether oxygens (including phenoxy) is 1. The zero-order chi connectivity index (χ0) is 17.1. The van der Waals surface area contributed by atoms with Gasteiger partial charge < -0.3 is 9.30 Å². The number of aryl methyl sites for hydroxylation is 1. The smallest absolute Gasteiger partial charge is 0.142 e. The fourth-order valence-electron chi connectivity index (χ4n) is 3.10. The molecule has 0 amide bonds. The highest BCUT2D eigenvalue weighted by molar-refractivity contribution is 5.86. The number of aromatic nitrogens is 2. The first-order valence-corrected chi connectivity index (χ1v) is 8.46. The van der Waals surface area contributed by atoms with E-state index in [1.165, 1.54) is 21.9 Å². The number of hydrogen-bond acceptors (Lipinski definition) is 2. The van der Waals surface area contributed by atoms with Crippen molar-refractivity contribution >= 4 is 10.8 Å². The Labute approximate surface area is 147 Å². The van der Waals surface area contributed by atoms with Crippen LogP contribution in [0.15, 0.2) is 85.5 Å². The fraction of sp³-hybridized carbons (Fsp3) is 0.136. The molecule has 25 heavy (non-hydrogen) atoms. The molecule has 0 aliphatic rings. The van der Waals surface area contributed by atoms with Gasteiger partial charge in [-0.1, -0.05) is 60.2 Å². The third-order valence-corrected chi connectivity index (χ3v) is 4.41.